The number of rotatable bonds is 3. The van der Waals surface area contributed by atoms with Crippen LogP contribution in [0.1, 0.15) is 22.4 Å². The van der Waals surface area contributed by atoms with E-state index in [0.29, 0.717) is 5.56 Å². The number of nitrogens with zero attached hydrogens (tertiary/aromatic N) is 5. The Kier molecular flexibility index (Phi) is 4.59. The molecule has 0 spiro atoms. The Morgan fingerprint density at radius 2 is 2.04 bits per heavy atom. The molecule has 1 aromatic carbocycles. The zero-order valence-electron chi connectivity index (χ0n) is 14.2. The van der Waals surface area contributed by atoms with Crippen LogP contribution in [0.3, 0.4) is 0 Å². The molecule has 6 heteroatoms. The van der Waals surface area contributed by atoms with E-state index in [9.17, 15) is 0 Å². The summed E-state index contributed by atoms with van der Waals surface area (Å²) in [7, 11) is 0. The van der Waals surface area contributed by atoms with Gasteiger partial charge in [-0.25, -0.2) is 9.97 Å². The molecule has 3 heterocycles. The molecule has 0 amide bonds. The lowest BCUT2D eigenvalue weighted by Gasteiger charge is -2.34. The second kappa shape index (κ2) is 7.18. The first-order valence-corrected chi connectivity index (χ1v) is 8.70. The molecule has 2 aromatic rings. The number of nitriles is 1. The van der Waals surface area contributed by atoms with Crippen molar-refractivity contribution < 1.29 is 4.74 Å². The van der Waals surface area contributed by atoms with E-state index in [-0.39, 0.29) is 0 Å². The Balaban J connectivity index is 1.54. The Hall–Kier alpha value is -2.49. The van der Waals surface area contributed by atoms with Gasteiger partial charge in [0.25, 0.3) is 0 Å². The van der Waals surface area contributed by atoms with Crippen molar-refractivity contribution in [3.8, 4) is 6.07 Å². The summed E-state index contributed by atoms with van der Waals surface area (Å²) in [4.78, 5) is 13.8. The molecule has 25 heavy (non-hydrogen) atoms. The lowest BCUT2D eigenvalue weighted by molar-refractivity contribution is 0.122. The first-order valence-electron chi connectivity index (χ1n) is 8.70. The monoisotopic (exact) mass is 335 g/mol. The Bertz CT molecular complexity index is 795. The maximum atomic E-state index is 9.08. The minimum Gasteiger partial charge on any atom is -0.378 e. The summed E-state index contributed by atoms with van der Waals surface area (Å²) < 4.78 is 5.47. The molecule has 4 rings (SSSR count). The highest BCUT2D eigenvalue weighted by Gasteiger charge is 2.24. The number of hydrogen-bond acceptors (Lipinski definition) is 6. The number of anilines is 1. The highest BCUT2D eigenvalue weighted by atomic mass is 16.5. The Morgan fingerprint density at radius 1 is 1.16 bits per heavy atom. The molecule has 1 fully saturated rings. The molecule has 6 nitrogen and oxygen atoms in total. The molecule has 2 aliphatic rings. The van der Waals surface area contributed by atoms with E-state index in [2.05, 4.69) is 31.9 Å². The van der Waals surface area contributed by atoms with Crippen molar-refractivity contribution in [2.24, 2.45) is 0 Å². The van der Waals surface area contributed by atoms with Gasteiger partial charge in [0.1, 0.15) is 12.1 Å². The molecule has 0 unspecified atom stereocenters. The predicted octanol–water partition coefficient (Wildman–Crippen LogP) is 1.74. The third kappa shape index (κ3) is 3.48. The smallest absolute Gasteiger partial charge is 0.136 e. The van der Waals surface area contributed by atoms with Crippen molar-refractivity contribution in [1.29, 1.82) is 5.26 Å². The van der Waals surface area contributed by atoms with Crippen LogP contribution in [0, 0.1) is 11.3 Å². The average Bonchev–Trinajstić information content (AvgIpc) is 2.68. The third-order valence-electron chi connectivity index (χ3n) is 4.83. The predicted molar refractivity (Wildman–Crippen MR) is 94.0 cm³/mol. The van der Waals surface area contributed by atoms with Crippen LogP contribution in [-0.4, -0.2) is 47.7 Å². The highest BCUT2D eigenvalue weighted by molar-refractivity contribution is 5.49. The molecular formula is C19H21N5O. The number of ether oxygens (including phenoxy) is 1. The molecule has 0 bridgehead atoms. The molecule has 0 aliphatic carbocycles. The van der Waals surface area contributed by atoms with Crippen molar-refractivity contribution >= 4 is 5.82 Å². The summed E-state index contributed by atoms with van der Waals surface area (Å²) in [6, 6.07) is 10.1. The molecule has 0 atom stereocenters. The summed E-state index contributed by atoms with van der Waals surface area (Å²) in [6.45, 7) is 5.93. The average molecular weight is 335 g/mol. The van der Waals surface area contributed by atoms with E-state index < -0.39 is 0 Å². The van der Waals surface area contributed by atoms with Gasteiger partial charge in [0.05, 0.1) is 30.5 Å². The molecule has 128 valence electrons. The summed E-state index contributed by atoms with van der Waals surface area (Å²) in [5.41, 5.74) is 4.30. The molecule has 1 saturated heterocycles. The van der Waals surface area contributed by atoms with Gasteiger partial charge in [-0.05, 0) is 17.7 Å². The van der Waals surface area contributed by atoms with E-state index in [0.717, 1.165) is 58.2 Å². The van der Waals surface area contributed by atoms with Crippen LogP contribution in [0.5, 0.6) is 0 Å². The fourth-order valence-corrected chi connectivity index (χ4v) is 3.56. The number of morpholine rings is 1. The van der Waals surface area contributed by atoms with E-state index in [1.54, 1.807) is 6.33 Å². The molecule has 0 saturated carbocycles. The van der Waals surface area contributed by atoms with Crippen molar-refractivity contribution in [1.82, 2.24) is 14.9 Å². The number of aromatic nitrogens is 2. The fraction of sp³-hybridized carbons (Fsp3) is 0.421. The molecule has 0 radical (unpaired) electrons. The number of fused-ring (bicyclic) bond motifs is 1. The largest absolute Gasteiger partial charge is 0.378 e. The fourth-order valence-electron chi connectivity index (χ4n) is 3.56. The van der Waals surface area contributed by atoms with Crippen LogP contribution in [0.25, 0.3) is 0 Å². The van der Waals surface area contributed by atoms with Crippen molar-refractivity contribution in [3.05, 3.63) is 53.0 Å². The first-order chi connectivity index (χ1) is 12.3. The lowest BCUT2D eigenvalue weighted by Crippen LogP contribution is -2.39. The summed E-state index contributed by atoms with van der Waals surface area (Å²) >= 11 is 0. The molecular weight excluding hydrogens is 314 g/mol. The zero-order valence-corrected chi connectivity index (χ0v) is 14.2. The standard InChI is InChI=1S/C19H21N5O/c20-11-15-2-1-3-16(10-15)12-23-5-4-18-17(13-23)19(22-14-21-18)24-6-8-25-9-7-24/h1-3,10,14H,4-9,12-13H2. The molecule has 1 aromatic heterocycles. The molecule has 2 aliphatic heterocycles. The maximum absolute atomic E-state index is 9.08. The Morgan fingerprint density at radius 3 is 2.88 bits per heavy atom. The van der Waals surface area contributed by atoms with E-state index in [1.807, 2.05) is 18.2 Å². The van der Waals surface area contributed by atoms with Gasteiger partial charge in [-0.2, -0.15) is 5.26 Å². The number of benzene rings is 1. The van der Waals surface area contributed by atoms with Crippen LogP contribution >= 0.6 is 0 Å². The van der Waals surface area contributed by atoms with Crippen LogP contribution in [0.2, 0.25) is 0 Å². The Labute approximate surface area is 147 Å². The van der Waals surface area contributed by atoms with Gasteiger partial charge in [-0.3, -0.25) is 4.90 Å². The summed E-state index contributed by atoms with van der Waals surface area (Å²) in [5.74, 6) is 1.06. The second-order valence-electron chi connectivity index (χ2n) is 6.49. The van der Waals surface area contributed by atoms with Crippen LogP contribution in [0.4, 0.5) is 5.82 Å². The van der Waals surface area contributed by atoms with Crippen LogP contribution < -0.4 is 4.90 Å². The highest BCUT2D eigenvalue weighted by Crippen LogP contribution is 2.27. The van der Waals surface area contributed by atoms with Gasteiger partial charge in [0, 0.05) is 44.7 Å². The third-order valence-corrected chi connectivity index (χ3v) is 4.83. The van der Waals surface area contributed by atoms with Gasteiger partial charge in [0.15, 0.2) is 0 Å². The quantitative estimate of drug-likeness (QED) is 0.851. The number of hydrogen-bond donors (Lipinski definition) is 0. The summed E-state index contributed by atoms with van der Waals surface area (Å²) in [6.07, 6.45) is 2.63. The van der Waals surface area contributed by atoms with Gasteiger partial charge in [-0.15, -0.1) is 0 Å². The van der Waals surface area contributed by atoms with E-state index in [4.69, 9.17) is 10.00 Å². The van der Waals surface area contributed by atoms with Gasteiger partial charge in [-0.1, -0.05) is 12.1 Å². The van der Waals surface area contributed by atoms with Gasteiger partial charge >= 0.3 is 0 Å². The minimum absolute atomic E-state index is 0.715. The molecule has 0 N–H and O–H groups in total. The second-order valence-corrected chi connectivity index (χ2v) is 6.49. The topological polar surface area (TPSA) is 65.3 Å². The van der Waals surface area contributed by atoms with Gasteiger partial charge < -0.3 is 9.64 Å². The lowest BCUT2D eigenvalue weighted by atomic mass is 10.0. The SMILES string of the molecule is N#Cc1cccc(CN2CCc3ncnc(N4CCOCC4)c3C2)c1. The van der Waals surface area contributed by atoms with Crippen molar-refractivity contribution in [2.75, 3.05) is 37.7 Å². The zero-order chi connectivity index (χ0) is 17.1. The van der Waals surface area contributed by atoms with Gasteiger partial charge in [0.2, 0.25) is 0 Å². The van der Waals surface area contributed by atoms with Crippen molar-refractivity contribution in [3.63, 3.8) is 0 Å². The van der Waals surface area contributed by atoms with Crippen LogP contribution in [-0.2, 0) is 24.2 Å². The van der Waals surface area contributed by atoms with Crippen LogP contribution in [0.15, 0.2) is 30.6 Å². The van der Waals surface area contributed by atoms with E-state index >= 15 is 0 Å². The normalized spacial score (nSPS) is 17.8. The maximum Gasteiger partial charge on any atom is 0.136 e. The minimum atomic E-state index is 0.715. The first kappa shape index (κ1) is 16.0. The van der Waals surface area contributed by atoms with Crippen molar-refractivity contribution in [2.45, 2.75) is 19.5 Å². The summed E-state index contributed by atoms with van der Waals surface area (Å²) in [5, 5.41) is 9.08. The van der Waals surface area contributed by atoms with E-state index in [1.165, 1.54) is 16.8 Å².